The molecule has 0 saturated heterocycles. The van der Waals surface area contributed by atoms with Gasteiger partial charge in [0.15, 0.2) is 0 Å². The summed E-state index contributed by atoms with van der Waals surface area (Å²) in [4.78, 5) is 0. The van der Waals surface area contributed by atoms with Gasteiger partial charge in [-0.2, -0.15) is 5.10 Å². The van der Waals surface area contributed by atoms with Crippen molar-refractivity contribution in [1.82, 2.24) is 20.0 Å². The van der Waals surface area contributed by atoms with Crippen LogP contribution in [0.1, 0.15) is 30.3 Å². The van der Waals surface area contributed by atoms with Crippen molar-refractivity contribution in [3.8, 4) is 0 Å². The Bertz CT molecular complexity index is 391. The van der Waals surface area contributed by atoms with Gasteiger partial charge in [0.1, 0.15) is 10.5 Å². The predicted molar refractivity (Wildman–Crippen MR) is 55.3 cm³/mol. The molecule has 2 heterocycles. The molecule has 0 aliphatic heterocycles. The molecule has 0 atom stereocenters. The molecule has 5 heteroatoms. The van der Waals surface area contributed by atoms with E-state index in [1.54, 1.807) is 16.8 Å². The third-order valence-corrected chi connectivity index (χ3v) is 2.70. The molecule has 0 bridgehead atoms. The molecule has 4 nitrogen and oxygen atoms in total. The van der Waals surface area contributed by atoms with E-state index in [2.05, 4.69) is 35.3 Å². The summed E-state index contributed by atoms with van der Waals surface area (Å²) < 4.78 is 1.90. The lowest BCUT2D eigenvalue weighted by Gasteiger charge is -1.98. The highest BCUT2D eigenvalue weighted by Gasteiger charge is 2.04. The van der Waals surface area contributed by atoms with Gasteiger partial charge in [-0.1, -0.05) is 13.8 Å². The molecule has 0 N–H and O–H groups in total. The van der Waals surface area contributed by atoms with E-state index in [0.717, 1.165) is 11.6 Å². The fraction of sp³-hybridized carbons (Fsp3) is 0.444. The second-order valence-electron chi connectivity index (χ2n) is 3.46. The summed E-state index contributed by atoms with van der Waals surface area (Å²) in [5, 5.41) is 13.0. The Morgan fingerprint density at radius 1 is 1.50 bits per heavy atom. The molecule has 14 heavy (non-hydrogen) atoms. The Labute approximate surface area is 86.6 Å². The van der Waals surface area contributed by atoms with Crippen molar-refractivity contribution >= 4 is 11.3 Å². The topological polar surface area (TPSA) is 43.6 Å². The van der Waals surface area contributed by atoms with E-state index in [4.69, 9.17) is 0 Å². The first-order valence-electron chi connectivity index (χ1n) is 4.53. The maximum absolute atomic E-state index is 4.27. The number of rotatable bonds is 3. The third kappa shape index (κ3) is 1.98. The fourth-order valence-corrected chi connectivity index (χ4v) is 1.68. The number of nitrogens with zero attached hydrogens (tertiary/aromatic N) is 4. The molecule has 0 saturated carbocycles. The van der Waals surface area contributed by atoms with Crippen molar-refractivity contribution in [2.75, 3.05) is 0 Å². The first kappa shape index (κ1) is 9.33. The highest BCUT2D eigenvalue weighted by molar-refractivity contribution is 7.09. The van der Waals surface area contributed by atoms with E-state index in [9.17, 15) is 0 Å². The highest BCUT2D eigenvalue weighted by atomic mass is 32.1. The molecule has 0 spiro atoms. The van der Waals surface area contributed by atoms with Crippen molar-refractivity contribution in [2.24, 2.45) is 0 Å². The van der Waals surface area contributed by atoms with Gasteiger partial charge in [-0.05, 0) is 11.5 Å². The molecule has 0 amide bonds. The normalized spacial score (nSPS) is 11.1. The summed E-state index contributed by atoms with van der Waals surface area (Å²) in [6, 6.07) is 0. The van der Waals surface area contributed by atoms with Crippen molar-refractivity contribution in [3.05, 3.63) is 28.5 Å². The SMILES string of the molecule is CC(C)c1cnn(Cc2nncs2)c1. The lowest BCUT2D eigenvalue weighted by molar-refractivity contribution is 0.675. The van der Waals surface area contributed by atoms with Crippen LogP contribution >= 0.6 is 11.3 Å². The van der Waals surface area contributed by atoms with Crippen LogP contribution in [-0.2, 0) is 6.54 Å². The molecule has 2 rings (SSSR count). The largest absolute Gasteiger partial charge is 0.266 e. The van der Waals surface area contributed by atoms with E-state index in [-0.39, 0.29) is 0 Å². The van der Waals surface area contributed by atoms with Crippen LogP contribution in [-0.4, -0.2) is 20.0 Å². The van der Waals surface area contributed by atoms with E-state index in [0.29, 0.717) is 5.92 Å². The van der Waals surface area contributed by atoms with E-state index in [1.165, 1.54) is 5.56 Å². The first-order chi connectivity index (χ1) is 6.75. The van der Waals surface area contributed by atoms with Crippen molar-refractivity contribution in [2.45, 2.75) is 26.3 Å². The molecule has 0 fully saturated rings. The summed E-state index contributed by atoms with van der Waals surface area (Å²) in [7, 11) is 0. The lowest BCUT2D eigenvalue weighted by Crippen LogP contribution is -1.99. The second-order valence-corrected chi connectivity index (χ2v) is 4.38. The molecule has 0 radical (unpaired) electrons. The van der Waals surface area contributed by atoms with Crippen LogP contribution in [0, 0.1) is 0 Å². The summed E-state index contributed by atoms with van der Waals surface area (Å²) in [6.07, 6.45) is 3.97. The molecule has 0 unspecified atom stereocenters. The number of aromatic nitrogens is 4. The van der Waals surface area contributed by atoms with Crippen LogP contribution in [0.25, 0.3) is 0 Å². The van der Waals surface area contributed by atoms with E-state index in [1.807, 2.05) is 10.9 Å². The smallest absolute Gasteiger partial charge is 0.138 e. The minimum Gasteiger partial charge on any atom is -0.266 e. The standard InChI is InChI=1S/C9H12N4S/c1-7(2)8-3-11-13(4-8)5-9-12-10-6-14-9/h3-4,6-7H,5H2,1-2H3. The molecule has 2 aromatic heterocycles. The minimum atomic E-state index is 0.526. The van der Waals surface area contributed by atoms with Crippen LogP contribution in [0.15, 0.2) is 17.9 Å². The monoisotopic (exact) mass is 208 g/mol. The summed E-state index contributed by atoms with van der Waals surface area (Å²) in [6.45, 7) is 5.04. The average Bonchev–Trinajstić information content (AvgIpc) is 2.75. The van der Waals surface area contributed by atoms with Crippen LogP contribution in [0.4, 0.5) is 0 Å². The molecular weight excluding hydrogens is 196 g/mol. The third-order valence-electron chi connectivity index (χ3n) is 2.02. The Hall–Kier alpha value is -1.23. The van der Waals surface area contributed by atoms with Gasteiger partial charge in [0.25, 0.3) is 0 Å². The van der Waals surface area contributed by atoms with Gasteiger partial charge in [0.2, 0.25) is 0 Å². The van der Waals surface area contributed by atoms with Gasteiger partial charge in [-0.15, -0.1) is 21.5 Å². The summed E-state index contributed by atoms with van der Waals surface area (Å²) in [5.41, 5.74) is 3.00. The Balaban J connectivity index is 2.11. The quantitative estimate of drug-likeness (QED) is 0.773. The summed E-state index contributed by atoms with van der Waals surface area (Å²) >= 11 is 1.55. The van der Waals surface area contributed by atoms with Gasteiger partial charge in [0, 0.05) is 6.20 Å². The summed E-state index contributed by atoms with van der Waals surface area (Å²) in [5.74, 6) is 0.526. The van der Waals surface area contributed by atoms with Crippen LogP contribution in [0.2, 0.25) is 0 Å². The van der Waals surface area contributed by atoms with Gasteiger partial charge in [0.05, 0.1) is 12.7 Å². The number of hydrogen-bond acceptors (Lipinski definition) is 4. The highest BCUT2D eigenvalue weighted by Crippen LogP contribution is 2.13. The van der Waals surface area contributed by atoms with Crippen molar-refractivity contribution < 1.29 is 0 Å². The molecule has 74 valence electrons. The Morgan fingerprint density at radius 3 is 2.93 bits per heavy atom. The lowest BCUT2D eigenvalue weighted by atomic mass is 10.1. The van der Waals surface area contributed by atoms with Crippen molar-refractivity contribution in [1.29, 1.82) is 0 Å². The number of hydrogen-bond donors (Lipinski definition) is 0. The van der Waals surface area contributed by atoms with Gasteiger partial charge in [-0.25, -0.2) is 0 Å². The second kappa shape index (κ2) is 3.88. The predicted octanol–water partition coefficient (Wildman–Crippen LogP) is 1.91. The van der Waals surface area contributed by atoms with Gasteiger partial charge >= 0.3 is 0 Å². The average molecular weight is 208 g/mol. The molecule has 2 aromatic rings. The zero-order valence-corrected chi connectivity index (χ0v) is 9.03. The van der Waals surface area contributed by atoms with E-state index < -0.39 is 0 Å². The zero-order chi connectivity index (χ0) is 9.97. The first-order valence-corrected chi connectivity index (χ1v) is 5.41. The molecule has 0 aliphatic rings. The van der Waals surface area contributed by atoms with Crippen LogP contribution in [0.5, 0.6) is 0 Å². The van der Waals surface area contributed by atoms with Gasteiger partial charge in [-0.3, -0.25) is 4.68 Å². The van der Waals surface area contributed by atoms with Crippen molar-refractivity contribution in [3.63, 3.8) is 0 Å². The fourth-order valence-electron chi connectivity index (χ4n) is 1.17. The molecule has 0 aromatic carbocycles. The van der Waals surface area contributed by atoms with Crippen LogP contribution < -0.4 is 0 Å². The van der Waals surface area contributed by atoms with Crippen LogP contribution in [0.3, 0.4) is 0 Å². The minimum absolute atomic E-state index is 0.526. The molecule has 0 aliphatic carbocycles. The zero-order valence-electron chi connectivity index (χ0n) is 8.21. The van der Waals surface area contributed by atoms with E-state index >= 15 is 0 Å². The maximum atomic E-state index is 4.27. The Kier molecular flexibility index (Phi) is 2.58. The van der Waals surface area contributed by atoms with Gasteiger partial charge < -0.3 is 0 Å². The maximum Gasteiger partial charge on any atom is 0.138 e. The Morgan fingerprint density at radius 2 is 2.36 bits per heavy atom. The molecular formula is C9H12N4S.